The van der Waals surface area contributed by atoms with Crippen molar-refractivity contribution < 1.29 is 9.90 Å². The molecule has 2 heterocycles. The molecule has 1 aliphatic rings. The molecule has 0 saturated heterocycles. The monoisotopic (exact) mass is 494 g/mol. The third-order valence-corrected chi connectivity index (χ3v) is 6.60. The van der Waals surface area contributed by atoms with Crippen molar-refractivity contribution in [3.63, 3.8) is 0 Å². The third-order valence-electron chi connectivity index (χ3n) is 6.60. The Labute approximate surface area is 218 Å². The van der Waals surface area contributed by atoms with Crippen molar-refractivity contribution in [3.8, 4) is 11.4 Å². The number of aliphatic carboxylic acids is 1. The predicted molar refractivity (Wildman–Crippen MR) is 151 cm³/mol. The van der Waals surface area contributed by atoms with Gasteiger partial charge in [-0.05, 0) is 62.1 Å². The van der Waals surface area contributed by atoms with Crippen molar-refractivity contribution >= 4 is 23.1 Å². The molecule has 6 heteroatoms. The lowest BCUT2D eigenvalue weighted by molar-refractivity contribution is -0.135. The summed E-state index contributed by atoms with van der Waals surface area (Å²) in [5.74, 6) is 1.24. The molecule has 6 nitrogen and oxygen atoms in total. The van der Waals surface area contributed by atoms with E-state index in [0.29, 0.717) is 0 Å². The van der Waals surface area contributed by atoms with Crippen molar-refractivity contribution in [3.05, 3.63) is 101 Å². The van der Waals surface area contributed by atoms with Gasteiger partial charge in [0.2, 0.25) is 0 Å². The Kier molecular flexibility index (Phi) is 7.87. The summed E-state index contributed by atoms with van der Waals surface area (Å²) in [6, 6.07) is 13.4. The quantitative estimate of drug-likeness (QED) is 0.300. The van der Waals surface area contributed by atoms with Crippen LogP contribution in [-0.2, 0) is 31.2 Å². The molecule has 4 aromatic rings. The number of rotatable bonds is 7. The van der Waals surface area contributed by atoms with Crippen molar-refractivity contribution in [2.75, 3.05) is 0 Å². The molecule has 2 aromatic heterocycles. The fraction of sp³-hybridized carbons (Fsp3) is 0.258. The summed E-state index contributed by atoms with van der Waals surface area (Å²) in [5, 5.41) is 7.84. The zero-order valence-corrected chi connectivity index (χ0v) is 22.0. The summed E-state index contributed by atoms with van der Waals surface area (Å²) in [7, 11) is 2.12. The predicted octanol–water partition coefficient (Wildman–Crippen LogP) is 6.44. The molecule has 0 amide bonds. The summed E-state index contributed by atoms with van der Waals surface area (Å²) in [5.41, 5.74) is 9.60. The second-order valence-corrected chi connectivity index (χ2v) is 9.32. The topological polar surface area (TPSA) is 72.9 Å². The van der Waals surface area contributed by atoms with E-state index in [0.717, 1.165) is 47.8 Å². The van der Waals surface area contributed by atoms with E-state index in [4.69, 9.17) is 15.1 Å². The maximum absolute atomic E-state index is 9.53. The molecule has 0 radical (unpaired) electrons. The maximum Gasteiger partial charge on any atom is 0.307 e. The fourth-order valence-corrected chi connectivity index (χ4v) is 4.65. The van der Waals surface area contributed by atoms with Gasteiger partial charge in [0.05, 0.1) is 23.1 Å². The van der Waals surface area contributed by atoms with Crippen LogP contribution in [0, 0.1) is 13.8 Å². The molecule has 190 valence electrons. The van der Waals surface area contributed by atoms with Crippen LogP contribution in [0.25, 0.3) is 28.5 Å². The number of hydrogen-bond acceptors (Lipinski definition) is 3. The van der Waals surface area contributed by atoms with Crippen LogP contribution in [0.4, 0.5) is 0 Å². The number of benzene rings is 2. The standard InChI is InChI=1S/C27H28N4.C4H6O2/c1-5-6-8-20-11-13-21(14-12-20)17-31-19(3)28-26-18(2)15-22(16-25(26)31)27-29-23-9-7-10-24(23)30(27)4;1-2-3-4(5)6/h5-7,9,11-16H,8,10,17H2,1-4H3;2H,1,3H2,(H,5,6)/b6-5-;. The average Bonchev–Trinajstić information content (AvgIpc) is 3.55. The van der Waals surface area contributed by atoms with Gasteiger partial charge < -0.3 is 14.2 Å². The lowest BCUT2D eigenvalue weighted by Crippen LogP contribution is -2.03. The van der Waals surface area contributed by atoms with Gasteiger partial charge in [0.1, 0.15) is 11.6 Å². The number of aromatic nitrogens is 4. The van der Waals surface area contributed by atoms with E-state index in [-0.39, 0.29) is 6.42 Å². The molecule has 37 heavy (non-hydrogen) atoms. The minimum atomic E-state index is -0.829. The first kappa shape index (κ1) is 25.9. The number of carbonyl (C=O) groups is 1. The van der Waals surface area contributed by atoms with Gasteiger partial charge in [0.25, 0.3) is 0 Å². The molecule has 2 aromatic carbocycles. The molecular formula is C31H34N4O2. The number of imidazole rings is 2. The van der Waals surface area contributed by atoms with Gasteiger partial charge in [0, 0.05) is 31.3 Å². The zero-order chi connectivity index (χ0) is 26.5. The van der Waals surface area contributed by atoms with Crippen LogP contribution in [-0.4, -0.2) is 30.2 Å². The molecule has 0 bridgehead atoms. The van der Waals surface area contributed by atoms with E-state index < -0.39 is 5.97 Å². The smallest absolute Gasteiger partial charge is 0.307 e. The van der Waals surface area contributed by atoms with Gasteiger partial charge in [-0.1, -0.05) is 48.6 Å². The van der Waals surface area contributed by atoms with Crippen molar-refractivity contribution in [2.24, 2.45) is 7.05 Å². The molecule has 0 unspecified atom stereocenters. The summed E-state index contributed by atoms with van der Waals surface area (Å²) in [6.45, 7) is 10.3. The molecular weight excluding hydrogens is 460 g/mol. The first-order chi connectivity index (χ1) is 17.8. The number of aryl methyl sites for hydroxylation is 2. The molecule has 0 spiro atoms. The van der Waals surface area contributed by atoms with Gasteiger partial charge in [-0.15, -0.1) is 6.58 Å². The van der Waals surface area contributed by atoms with Crippen LogP contribution in [0.2, 0.25) is 0 Å². The Hall–Kier alpha value is -4.19. The molecule has 1 N–H and O–H groups in total. The molecule has 5 rings (SSSR count). The SMILES string of the molecule is C/C=C\Cc1ccc(Cn2c(C)nc3c(C)cc(-c4nc5c(n4C)CC=C5)cc32)cc1.C=CCC(=O)O. The molecule has 0 atom stereocenters. The first-order valence-corrected chi connectivity index (χ1v) is 12.5. The Bertz CT molecular complexity index is 1500. The molecule has 1 aliphatic carbocycles. The van der Waals surface area contributed by atoms with Gasteiger partial charge in [-0.2, -0.15) is 0 Å². The number of hydrogen-bond donors (Lipinski definition) is 1. The minimum absolute atomic E-state index is 0.0556. The van der Waals surface area contributed by atoms with Gasteiger partial charge in [-0.25, -0.2) is 9.97 Å². The van der Waals surface area contributed by atoms with Crippen LogP contribution < -0.4 is 0 Å². The number of fused-ring (bicyclic) bond motifs is 2. The van der Waals surface area contributed by atoms with Gasteiger partial charge in [0.15, 0.2) is 0 Å². The maximum atomic E-state index is 9.53. The fourth-order valence-electron chi connectivity index (χ4n) is 4.65. The highest BCUT2D eigenvalue weighted by molar-refractivity contribution is 5.85. The van der Waals surface area contributed by atoms with E-state index in [9.17, 15) is 4.79 Å². The van der Waals surface area contributed by atoms with Crippen LogP contribution in [0.1, 0.15) is 47.2 Å². The second-order valence-electron chi connectivity index (χ2n) is 9.32. The zero-order valence-electron chi connectivity index (χ0n) is 22.0. The summed E-state index contributed by atoms with van der Waals surface area (Å²) in [6.07, 6.45) is 11.9. The van der Waals surface area contributed by atoms with Crippen LogP contribution in [0.15, 0.2) is 67.3 Å². The van der Waals surface area contributed by atoms with Gasteiger partial charge in [-0.3, -0.25) is 4.79 Å². The van der Waals surface area contributed by atoms with Gasteiger partial charge >= 0.3 is 5.97 Å². The van der Waals surface area contributed by atoms with Crippen LogP contribution in [0.5, 0.6) is 0 Å². The lowest BCUT2D eigenvalue weighted by Gasteiger charge is -2.10. The van der Waals surface area contributed by atoms with Crippen molar-refractivity contribution in [2.45, 2.75) is 46.6 Å². The summed E-state index contributed by atoms with van der Waals surface area (Å²) >= 11 is 0. The number of carboxylic acids is 1. The number of allylic oxidation sites excluding steroid dienone is 3. The average molecular weight is 495 g/mol. The Morgan fingerprint density at radius 3 is 2.49 bits per heavy atom. The highest BCUT2D eigenvalue weighted by Crippen LogP contribution is 2.31. The molecule has 0 fully saturated rings. The normalized spacial score (nSPS) is 12.1. The Balaban J connectivity index is 0.000000480. The first-order valence-electron chi connectivity index (χ1n) is 12.5. The van der Waals surface area contributed by atoms with Crippen molar-refractivity contribution in [1.29, 1.82) is 0 Å². The van der Waals surface area contributed by atoms with Crippen LogP contribution in [0.3, 0.4) is 0 Å². The molecule has 0 aliphatic heterocycles. The largest absolute Gasteiger partial charge is 0.481 e. The summed E-state index contributed by atoms with van der Waals surface area (Å²) < 4.78 is 4.55. The minimum Gasteiger partial charge on any atom is -0.481 e. The second kappa shape index (κ2) is 11.2. The number of nitrogens with zero attached hydrogens (tertiary/aromatic N) is 4. The van der Waals surface area contributed by atoms with Crippen LogP contribution >= 0.6 is 0 Å². The van der Waals surface area contributed by atoms with E-state index in [1.165, 1.54) is 34.0 Å². The van der Waals surface area contributed by atoms with E-state index in [2.05, 4.69) is 104 Å². The highest BCUT2D eigenvalue weighted by atomic mass is 16.4. The third kappa shape index (κ3) is 5.64. The summed E-state index contributed by atoms with van der Waals surface area (Å²) in [4.78, 5) is 19.3. The Morgan fingerprint density at radius 1 is 1.14 bits per heavy atom. The van der Waals surface area contributed by atoms with E-state index >= 15 is 0 Å². The lowest BCUT2D eigenvalue weighted by atomic mass is 10.1. The van der Waals surface area contributed by atoms with E-state index in [1.807, 2.05) is 0 Å². The van der Waals surface area contributed by atoms with E-state index in [1.54, 1.807) is 0 Å². The Morgan fingerprint density at radius 2 is 1.86 bits per heavy atom. The highest BCUT2D eigenvalue weighted by Gasteiger charge is 2.19. The molecule has 0 saturated carbocycles. The number of carboxylic acid groups (broad SMARTS) is 1. The van der Waals surface area contributed by atoms with Crippen molar-refractivity contribution in [1.82, 2.24) is 19.1 Å².